The zero-order chi connectivity index (χ0) is 22.9. The van der Waals surface area contributed by atoms with Crippen LogP contribution in [0.5, 0.6) is 0 Å². The van der Waals surface area contributed by atoms with Gasteiger partial charge in [-0.1, -0.05) is 30.3 Å². The number of nitrogens with one attached hydrogen (secondary N) is 2. The topological polar surface area (TPSA) is 92.5 Å². The number of halogens is 3. The first-order chi connectivity index (χ1) is 15.2. The van der Waals surface area contributed by atoms with Crippen LogP contribution in [0, 0.1) is 6.92 Å². The first kappa shape index (κ1) is 21.4. The van der Waals surface area contributed by atoms with E-state index in [2.05, 4.69) is 31.3 Å². The lowest BCUT2D eigenvalue weighted by Crippen LogP contribution is -2.12. The second-order valence-corrected chi connectivity index (χ2v) is 7.45. The minimum absolute atomic E-state index is 0.0572. The highest BCUT2D eigenvalue weighted by molar-refractivity contribution is 5.83. The van der Waals surface area contributed by atoms with Crippen LogP contribution in [0.3, 0.4) is 0 Å². The van der Waals surface area contributed by atoms with Crippen molar-refractivity contribution in [2.75, 3.05) is 11.1 Å². The number of aromatic amines is 1. The Bertz CT molecular complexity index is 1230. The molecule has 0 unspecified atom stereocenters. The first-order valence-corrected chi connectivity index (χ1v) is 9.88. The van der Waals surface area contributed by atoms with Crippen LogP contribution in [0.4, 0.5) is 24.8 Å². The second-order valence-electron chi connectivity index (χ2n) is 7.45. The number of alkyl halides is 3. The van der Waals surface area contributed by atoms with Gasteiger partial charge in [-0.2, -0.15) is 13.2 Å². The Morgan fingerprint density at radius 3 is 2.50 bits per heavy atom. The highest BCUT2D eigenvalue weighted by Crippen LogP contribution is 2.37. The van der Waals surface area contributed by atoms with E-state index in [-0.39, 0.29) is 23.0 Å². The van der Waals surface area contributed by atoms with Crippen molar-refractivity contribution in [3.05, 3.63) is 78.1 Å². The zero-order valence-electron chi connectivity index (χ0n) is 17.4. The molecule has 4 aromatic rings. The second kappa shape index (κ2) is 8.33. The van der Waals surface area contributed by atoms with Crippen LogP contribution >= 0.6 is 0 Å². The summed E-state index contributed by atoms with van der Waals surface area (Å²) in [6.07, 6.45) is -1.17. The summed E-state index contributed by atoms with van der Waals surface area (Å²) in [5.74, 6) is 0.374. The van der Waals surface area contributed by atoms with Gasteiger partial charge in [0.15, 0.2) is 0 Å². The molecular weight excluding hydrogens is 417 g/mol. The molecule has 0 aliphatic rings. The van der Waals surface area contributed by atoms with E-state index in [4.69, 9.17) is 5.73 Å². The molecule has 0 radical (unpaired) electrons. The minimum Gasteiger partial charge on any atom is -0.383 e. The molecule has 0 amide bonds. The van der Waals surface area contributed by atoms with Crippen molar-refractivity contribution in [1.29, 1.82) is 0 Å². The third-order valence-electron chi connectivity index (χ3n) is 5.08. The predicted molar refractivity (Wildman–Crippen MR) is 118 cm³/mol. The molecule has 0 aliphatic carbocycles. The number of nitrogen functional groups attached to an aromatic ring is 1. The van der Waals surface area contributed by atoms with Crippen molar-refractivity contribution in [3.63, 3.8) is 0 Å². The number of hydrogen-bond acceptors (Lipinski definition) is 5. The lowest BCUT2D eigenvalue weighted by atomic mass is 10.0. The lowest BCUT2D eigenvalue weighted by Gasteiger charge is -2.19. The number of aryl methyl sites for hydroxylation is 1. The molecule has 0 saturated heterocycles. The van der Waals surface area contributed by atoms with Crippen molar-refractivity contribution in [2.24, 2.45) is 0 Å². The summed E-state index contributed by atoms with van der Waals surface area (Å²) in [5.41, 5.74) is 9.58. The molecular formula is C23H21F3N6. The van der Waals surface area contributed by atoms with Crippen LogP contribution in [-0.4, -0.2) is 19.9 Å². The van der Waals surface area contributed by atoms with Gasteiger partial charge in [-0.15, -0.1) is 0 Å². The number of anilines is 2. The minimum atomic E-state index is -4.53. The summed E-state index contributed by atoms with van der Waals surface area (Å²) in [5, 5.41) is 3.28. The molecule has 4 rings (SSSR count). The normalized spacial score (nSPS) is 12.5. The van der Waals surface area contributed by atoms with E-state index in [0.717, 1.165) is 34.8 Å². The van der Waals surface area contributed by atoms with Crippen molar-refractivity contribution in [3.8, 4) is 22.3 Å². The Balaban J connectivity index is 1.73. The summed E-state index contributed by atoms with van der Waals surface area (Å²) in [7, 11) is 0. The van der Waals surface area contributed by atoms with E-state index >= 15 is 0 Å². The molecule has 1 atom stereocenters. The van der Waals surface area contributed by atoms with E-state index in [1.165, 1.54) is 12.5 Å². The number of nitrogens with two attached hydrogens (primary N) is 1. The third-order valence-corrected chi connectivity index (χ3v) is 5.08. The number of aromatic nitrogens is 4. The molecule has 0 spiro atoms. The fourth-order valence-corrected chi connectivity index (χ4v) is 3.61. The van der Waals surface area contributed by atoms with E-state index in [9.17, 15) is 13.2 Å². The molecule has 3 aromatic heterocycles. The monoisotopic (exact) mass is 438 g/mol. The maximum Gasteiger partial charge on any atom is 0.417 e. The van der Waals surface area contributed by atoms with E-state index in [1.54, 1.807) is 0 Å². The molecule has 0 saturated carbocycles. The lowest BCUT2D eigenvalue weighted by molar-refractivity contribution is -0.137. The maximum absolute atomic E-state index is 13.2. The van der Waals surface area contributed by atoms with Gasteiger partial charge in [-0.05, 0) is 31.5 Å². The molecule has 164 valence electrons. The fourth-order valence-electron chi connectivity index (χ4n) is 3.61. The van der Waals surface area contributed by atoms with Gasteiger partial charge >= 0.3 is 6.18 Å². The highest BCUT2D eigenvalue weighted by Gasteiger charge is 2.31. The fraction of sp³-hybridized carbons (Fsp3) is 0.174. The van der Waals surface area contributed by atoms with Crippen molar-refractivity contribution in [1.82, 2.24) is 19.9 Å². The van der Waals surface area contributed by atoms with E-state index in [0.29, 0.717) is 5.82 Å². The molecule has 3 heterocycles. The van der Waals surface area contributed by atoms with Gasteiger partial charge in [0.25, 0.3) is 0 Å². The van der Waals surface area contributed by atoms with Gasteiger partial charge in [-0.3, -0.25) is 4.98 Å². The van der Waals surface area contributed by atoms with Crippen LogP contribution in [-0.2, 0) is 6.18 Å². The van der Waals surface area contributed by atoms with Crippen LogP contribution < -0.4 is 11.1 Å². The SMILES string of the molecule is Cc1cc(-c2ccccc2)c([C@H](C)Nc2ncnc(N)c2-c2cncc(C(F)(F)F)c2)[nH]1. The smallest absolute Gasteiger partial charge is 0.383 e. The van der Waals surface area contributed by atoms with E-state index < -0.39 is 11.7 Å². The standard InChI is InChI=1S/C23H21F3N6/c1-13-8-18(15-6-4-3-5-7-15)20(31-13)14(2)32-22-19(21(27)29-12-30-22)16-9-17(11-28-10-16)23(24,25)26/h3-12,14,31H,1-2H3,(H3,27,29,30,32)/t14-/m0/s1. The van der Waals surface area contributed by atoms with Gasteiger partial charge < -0.3 is 16.0 Å². The van der Waals surface area contributed by atoms with Crippen LogP contribution in [0.25, 0.3) is 22.3 Å². The largest absolute Gasteiger partial charge is 0.417 e. The summed E-state index contributed by atoms with van der Waals surface area (Å²) >= 11 is 0. The molecule has 32 heavy (non-hydrogen) atoms. The van der Waals surface area contributed by atoms with Crippen molar-refractivity contribution in [2.45, 2.75) is 26.1 Å². The maximum atomic E-state index is 13.2. The predicted octanol–water partition coefficient (Wildman–Crippen LogP) is 5.62. The van der Waals surface area contributed by atoms with Gasteiger partial charge in [0, 0.05) is 34.9 Å². The van der Waals surface area contributed by atoms with Gasteiger partial charge in [0.05, 0.1) is 17.2 Å². The first-order valence-electron chi connectivity index (χ1n) is 9.88. The summed E-state index contributed by atoms with van der Waals surface area (Å²) in [6, 6.07) is 12.7. The van der Waals surface area contributed by atoms with Crippen LogP contribution in [0.2, 0.25) is 0 Å². The molecule has 6 nitrogen and oxygen atoms in total. The quantitative estimate of drug-likeness (QED) is 0.376. The molecule has 9 heteroatoms. The van der Waals surface area contributed by atoms with E-state index in [1.807, 2.05) is 44.2 Å². The molecule has 0 bridgehead atoms. The Labute approximate surface area is 182 Å². The zero-order valence-corrected chi connectivity index (χ0v) is 17.4. The number of nitrogens with zero attached hydrogens (tertiary/aromatic N) is 3. The van der Waals surface area contributed by atoms with Crippen molar-refractivity contribution >= 4 is 11.6 Å². The molecule has 0 aliphatic heterocycles. The third kappa shape index (κ3) is 4.27. The summed E-state index contributed by atoms with van der Waals surface area (Å²) in [4.78, 5) is 15.3. The number of H-pyrrole nitrogens is 1. The molecule has 1 aromatic carbocycles. The number of rotatable bonds is 5. The Kier molecular flexibility index (Phi) is 5.56. The van der Waals surface area contributed by atoms with Crippen LogP contribution in [0.15, 0.2) is 61.2 Å². The number of hydrogen-bond donors (Lipinski definition) is 3. The number of benzene rings is 1. The average molecular weight is 438 g/mol. The van der Waals surface area contributed by atoms with Gasteiger partial charge in [-0.25, -0.2) is 9.97 Å². The number of pyridine rings is 1. The van der Waals surface area contributed by atoms with Gasteiger partial charge in [0.2, 0.25) is 0 Å². The average Bonchev–Trinajstić information content (AvgIpc) is 3.16. The molecule has 0 fully saturated rings. The summed E-state index contributed by atoms with van der Waals surface area (Å²) in [6.45, 7) is 3.90. The van der Waals surface area contributed by atoms with Gasteiger partial charge in [0.1, 0.15) is 18.0 Å². The Hall–Kier alpha value is -3.88. The Morgan fingerprint density at radius 1 is 1.03 bits per heavy atom. The summed E-state index contributed by atoms with van der Waals surface area (Å²) < 4.78 is 39.6. The highest BCUT2D eigenvalue weighted by atomic mass is 19.4. The molecule has 4 N–H and O–H groups in total. The van der Waals surface area contributed by atoms with Crippen LogP contribution in [0.1, 0.15) is 29.9 Å². The van der Waals surface area contributed by atoms with Crippen molar-refractivity contribution < 1.29 is 13.2 Å². The Morgan fingerprint density at radius 2 is 1.78 bits per heavy atom.